The lowest BCUT2D eigenvalue weighted by molar-refractivity contribution is -0.00683. The molecule has 0 spiro atoms. The van der Waals surface area contributed by atoms with E-state index in [9.17, 15) is 0 Å². The van der Waals surface area contributed by atoms with Crippen LogP contribution in [0, 0.1) is 0 Å². The second-order valence-electron chi connectivity index (χ2n) is 7.27. The third-order valence-corrected chi connectivity index (χ3v) is 4.92. The molecule has 1 rings (SSSR count). The van der Waals surface area contributed by atoms with Gasteiger partial charge in [-0.15, -0.1) is 0 Å². The molecule has 0 unspecified atom stereocenters. The molecular formula is C19H41N5O. The topological polar surface area (TPSA) is 52.1 Å². The minimum absolute atomic E-state index is 0.0644. The zero-order valence-electron chi connectivity index (χ0n) is 17.2. The van der Waals surface area contributed by atoms with Gasteiger partial charge in [0, 0.05) is 31.7 Å². The monoisotopic (exact) mass is 355 g/mol. The fourth-order valence-electron chi connectivity index (χ4n) is 3.09. The predicted molar refractivity (Wildman–Crippen MR) is 107 cm³/mol. The van der Waals surface area contributed by atoms with Crippen molar-refractivity contribution < 1.29 is 4.74 Å². The van der Waals surface area contributed by atoms with E-state index in [-0.39, 0.29) is 5.54 Å². The van der Waals surface area contributed by atoms with Gasteiger partial charge in [0.2, 0.25) is 0 Å². The lowest BCUT2D eigenvalue weighted by Gasteiger charge is -2.39. The third kappa shape index (κ3) is 8.88. The van der Waals surface area contributed by atoms with Crippen molar-refractivity contribution >= 4 is 5.96 Å². The van der Waals surface area contributed by atoms with Crippen molar-refractivity contribution in [1.29, 1.82) is 0 Å². The number of hydrogen-bond acceptors (Lipinski definition) is 4. The number of hydrogen-bond donors (Lipinski definition) is 2. The Morgan fingerprint density at radius 1 is 1.08 bits per heavy atom. The number of guanidine groups is 1. The third-order valence-electron chi connectivity index (χ3n) is 4.92. The molecule has 1 fully saturated rings. The zero-order chi connectivity index (χ0) is 18.5. The van der Waals surface area contributed by atoms with Gasteiger partial charge in [0.25, 0.3) is 0 Å². The van der Waals surface area contributed by atoms with E-state index in [1.807, 2.05) is 0 Å². The molecule has 0 aliphatic carbocycles. The average molecular weight is 356 g/mol. The molecule has 2 N–H and O–H groups in total. The van der Waals surface area contributed by atoms with Crippen LogP contribution in [-0.4, -0.2) is 86.9 Å². The van der Waals surface area contributed by atoms with Crippen LogP contribution in [0.25, 0.3) is 0 Å². The van der Waals surface area contributed by atoms with E-state index >= 15 is 0 Å². The van der Waals surface area contributed by atoms with Gasteiger partial charge in [-0.05, 0) is 53.2 Å². The van der Waals surface area contributed by atoms with Crippen molar-refractivity contribution in [2.45, 2.75) is 53.0 Å². The molecular weight excluding hydrogens is 314 g/mol. The summed E-state index contributed by atoms with van der Waals surface area (Å²) in [6.45, 7) is 20.9. The molecule has 25 heavy (non-hydrogen) atoms. The molecule has 6 heteroatoms. The highest BCUT2D eigenvalue weighted by Crippen LogP contribution is 2.16. The summed E-state index contributed by atoms with van der Waals surface area (Å²) in [7, 11) is 0. The summed E-state index contributed by atoms with van der Waals surface area (Å²) in [5.41, 5.74) is 0.0644. The van der Waals surface area contributed by atoms with Gasteiger partial charge in [0.15, 0.2) is 5.96 Å². The fourth-order valence-corrected chi connectivity index (χ4v) is 3.09. The number of aliphatic imine (C=N–C) groups is 1. The van der Waals surface area contributed by atoms with Crippen LogP contribution >= 0.6 is 0 Å². The van der Waals surface area contributed by atoms with E-state index in [2.05, 4.69) is 55.1 Å². The van der Waals surface area contributed by atoms with E-state index < -0.39 is 0 Å². The largest absolute Gasteiger partial charge is 0.379 e. The van der Waals surface area contributed by atoms with E-state index in [0.717, 1.165) is 65.0 Å². The Labute approximate surface area is 155 Å². The van der Waals surface area contributed by atoms with Gasteiger partial charge < -0.3 is 20.3 Å². The summed E-state index contributed by atoms with van der Waals surface area (Å²) in [5, 5.41) is 6.85. The van der Waals surface area contributed by atoms with Gasteiger partial charge in [0.1, 0.15) is 0 Å². The van der Waals surface area contributed by atoms with E-state index in [1.54, 1.807) is 0 Å². The van der Waals surface area contributed by atoms with Crippen molar-refractivity contribution in [3.63, 3.8) is 0 Å². The second kappa shape index (κ2) is 12.5. The van der Waals surface area contributed by atoms with Crippen LogP contribution in [0.5, 0.6) is 0 Å². The highest BCUT2D eigenvalue weighted by atomic mass is 16.5. The Kier molecular flexibility index (Phi) is 11.1. The van der Waals surface area contributed by atoms with E-state index in [0.29, 0.717) is 0 Å². The Bertz CT molecular complexity index is 363. The van der Waals surface area contributed by atoms with Crippen molar-refractivity contribution in [2.75, 3.05) is 65.6 Å². The minimum Gasteiger partial charge on any atom is -0.379 e. The summed E-state index contributed by atoms with van der Waals surface area (Å²) in [5.74, 6) is 0.937. The summed E-state index contributed by atoms with van der Waals surface area (Å²) < 4.78 is 5.46. The highest BCUT2D eigenvalue weighted by molar-refractivity contribution is 5.79. The van der Waals surface area contributed by atoms with Crippen LogP contribution in [0.3, 0.4) is 0 Å². The molecule has 0 aromatic rings. The van der Waals surface area contributed by atoms with Gasteiger partial charge in [0.05, 0.1) is 19.8 Å². The Morgan fingerprint density at radius 3 is 2.36 bits per heavy atom. The van der Waals surface area contributed by atoms with Crippen LogP contribution in [0.4, 0.5) is 0 Å². The highest BCUT2D eigenvalue weighted by Gasteiger charge is 2.28. The molecule has 0 saturated carbocycles. The maximum absolute atomic E-state index is 5.46. The van der Waals surface area contributed by atoms with E-state index in [1.165, 1.54) is 19.4 Å². The van der Waals surface area contributed by atoms with Crippen LogP contribution in [0.1, 0.15) is 47.5 Å². The average Bonchev–Trinajstić information content (AvgIpc) is 2.63. The minimum atomic E-state index is 0.0644. The zero-order valence-corrected chi connectivity index (χ0v) is 17.2. The van der Waals surface area contributed by atoms with Crippen LogP contribution in [0.15, 0.2) is 4.99 Å². The maximum Gasteiger partial charge on any atom is 0.191 e. The quantitative estimate of drug-likeness (QED) is 0.336. The summed E-state index contributed by atoms with van der Waals surface area (Å²) in [6.07, 6.45) is 2.40. The summed E-state index contributed by atoms with van der Waals surface area (Å²) >= 11 is 0. The van der Waals surface area contributed by atoms with Gasteiger partial charge in [-0.2, -0.15) is 0 Å². The van der Waals surface area contributed by atoms with Crippen molar-refractivity contribution in [3.8, 4) is 0 Å². The summed E-state index contributed by atoms with van der Waals surface area (Å²) in [4.78, 5) is 9.78. The first-order chi connectivity index (χ1) is 12.0. The molecule has 0 aromatic heterocycles. The SMILES string of the molecule is CCNC(=NCC(C)(C)N1CCOCC1)NCCCCN(CC)CC. The molecule has 1 saturated heterocycles. The first kappa shape index (κ1) is 22.2. The van der Waals surface area contributed by atoms with Crippen molar-refractivity contribution in [1.82, 2.24) is 20.4 Å². The number of unbranched alkanes of at least 4 members (excludes halogenated alkanes) is 1. The molecule has 148 valence electrons. The number of rotatable bonds is 11. The van der Waals surface area contributed by atoms with Crippen molar-refractivity contribution in [3.05, 3.63) is 0 Å². The molecule has 1 aliphatic rings. The predicted octanol–water partition coefficient (Wildman–Crippen LogP) is 1.77. The van der Waals surface area contributed by atoms with Gasteiger partial charge >= 0.3 is 0 Å². The van der Waals surface area contributed by atoms with Crippen LogP contribution in [0.2, 0.25) is 0 Å². The lowest BCUT2D eigenvalue weighted by Crippen LogP contribution is -2.52. The number of ether oxygens (including phenoxy) is 1. The molecule has 0 aromatic carbocycles. The first-order valence-electron chi connectivity index (χ1n) is 10.1. The molecule has 6 nitrogen and oxygen atoms in total. The first-order valence-corrected chi connectivity index (χ1v) is 10.1. The standard InChI is InChI=1S/C19H41N5O/c1-6-20-18(21-11-9-10-12-23(7-2)8-3)22-17-19(4,5)24-13-15-25-16-14-24/h6-17H2,1-5H3,(H2,20,21,22). The smallest absolute Gasteiger partial charge is 0.191 e. The Balaban J connectivity index is 2.37. The fraction of sp³-hybridized carbons (Fsp3) is 0.947. The number of nitrogens with one attached hydrogen (secondary N) is 2. The summed E-state index contributed by atoms with van der Waals surface area (Å²) in [6, 6.07) is 0. The van der Waals surface area contributed by atoms with Crippen LogP contribution < -0.4 is 10.6 Å². The van der Waals surface area contributed by atoms with Gasteiger partial charge in [-0.1, -0.05) is 13.8 Å². The molecule has 0 atom stereocenters. The van der Waals surface area contributed by atoms with Crippen molar-refractivity contribution in [2.24, 2.45) is 4.99 Å². The molecule has 0 bridgehead atoms. The van der Waals surface area contributed by atoms with E-state index in [4.69, 9.17) is 9.73 Å². The lowest BCUT2D eigenvalue weighted by atomic mass is 10.0. The van der Waals surface area contributed by atoms with Gasteiger partial charge in [-0.25, -0.2) is 0 Å². The second-order valence-corrected chi connectivity index (χ2v) is 7.27. The number of morpholine rings is 1. The Morgan fingerprint density at radius 2 is 1.76 bits per heavy atom. The van der Waals surface area contributed by atoms with Crippen LogP contribution in [-0.2, 0) is 4.74 Å². The van der Waals surface area contributed by atoms with Gasteiger partial charge in [-0.3, -0.25) is 9.89 Å². The molecule has 1 heterocycles. The normalized spacial score (nSPS) is 17.1. The molecule has 0 amide bonds. The molecule has 1 aliphatic heterocycles. The maximum atomic E-state index is 5.46. The number of nitrogens with zero attached hydrogens (tertiary/aromatic N) is 3. The Hall–Kier alpha value is -0.850. The molecule has 0 radical (unpaired) electrons.